The zero-order chi connectivity index (χ0) is 15.2. The van der Waals surface area contributed by atoms with E-state index in [2.05, 4.69) is 24.1 Å². The van der Waals surface area contributed by atoms with Crippen molar-refractivity contribution in [1.82, 2.24) is 10.2 Å². The summed E-state index contributed by atoms with van der Waals surface area (Å²) in [7, 11) is 0. The Kier molecular flexibility index (Phi) is 5.70. The van der Waals surface area contributed by atoms with Gasteiger partial charge in [0, 0.05) is 36.8 Å². The summed E-state index contributed by atoms with van der Waals surface area (Å²) < 4.78 is 0. The van der Waals surface area contributed by atoms with Gasteiger partial charge in [0.2, 0.25) is 0 Å². The van der Waals surface area contributed by atoms with Crippen molar-refractivity contribution in [1.29, 1.82) is 0 Å². The molecule has 1 aromatic rings. The van der Waals surface area contributed by atoms with E-state index < -0.39 is 0 Å². The van der Waals surface area contributed by atoms with Crippen LogP contribution in [0.2, 0.25) is 0 Å². The van der Waals surface area contributed by atoms with Crippen molar-refractivity contribution in [3.8, 4) is 0 Å². The quantitative estimate of drug-likeness (QED) is 0.619. The molecule has 0 amide bonds. The monoisotopic (exact) mass is 291 g/mol. The lowest BCUT2D eigenvalue weighted by Gasteiger charge is -2.29. The van der Waals surface area contributed by atoms with Gasteiger partial charge in [-0.05, 0) is 39.7 Å². The molecule has 1 atom stereocenters. The first-order chi connectivity index (χ1) is 10.1. The lowest BCUT2D eigenvalue weighted by atomic mass is 10.1. The van der Waals surface area contributed by atoms with Crippen LogP contribution in [-0.4, -0.2) is 41.5 Å². The molecular weight excluding hydrogens is 266 g/mol. The first kappa shape index (κ1) is 15.9. The Hall–Kier alpha value is -1.46. The van der Waals surface area contributed by atoms with Crippen LogP contribution >= 0.6 is 0 Å². The predicted octanol–water partition coefficient (Wildman–Crippen LogP) is 2.60. The third kappa shape index (κ3) is 4.51. The van der Waals surface area contributed by atoms with E-state index in [1.807, 2.05) is 12.1 Å². The number of nitrogens with zero attached hydrogens (tertiary/aromatic N) is 2. The van der Waals surface area contributed by atoms with Crippen LogP contribution in [0.3, 0.4) is 0 Å². The largest absolute Gasteiger partial charge is 0.313 e. The Bertz CT molecular complexity index is 470. The summed E-state index contributed by atoms with van der Waals surface area (Å²) in [6.07, 6.45) is 3.21. The number of nitro benzene ring substituents is 1. The minimum Gasteiger partial charge on any atom is -0.313 e. The van der Waals surface area contributed by atoms with E-state index in [-0.39, 0.29) is 10.6 Å². The molecule has 0 aliphatic carbocycles. The van der Waals surface area contributed by atoms with E-state index in [9.17, 15) is 10.1 Å². The second-order valence-electron chi connectivity index (χ2n) is 6.02. The molecule has 1 aliphatic heterocycles. The highest BCUT2D eigenvalue weighted by atomic mass is 16.6. The van der Waals surface area contributed by atoms with Crippen LogP contribution in [0.4, 0.5) is 5.69 Å². The minimum absolute atomic E-state index is 0.236. The Balaban J connectivity index is 1.96. The third-order valence-electron chi connectivity index (χ3n) is 4.20. The smallest absolute Gasteiger partial charge is 0.272 e. The Morgan fingerprint density at radius 3 is 2.81 bits per heavy atom. The van der Waals surface area contributed by atoms with Gasteiger partial charge in [0.15, 0.2) is 0 Å². The van der Waals surface area contributed by atoms with Crippen LogP contribution in [0.5, 0.6) is 0 Å². The zero-order valence-electron chi connectivity index (χ0n) is 12.9. The number of nitro groups is 1. The Morgan fingerprint density at radius 1 is 1.43 bits per heavy atom. The average Bonchev–Trinajstić information content (AvgIpc) is 2.96. The summed E-state index contributed by atoms with van der Waals surface area (Å²) in [5.74, 6) is 0. The van der Waals surface area contributed by atoms with Crippen LogP contribution in [0, 0.1) is 10.1 Å². The molecule has 1 aliphatic rings. The Labute approximate surface area is 126 Å². The summed E-state index contributed by atoms with van der Waals surface area (Å²) in [6, 6.07) is 8.08. The molecule has 0 spiro atoms. The Morgan fingerprint density at radius 2 is 2.19 bits per heavy atom. The lowest BCUT2D eigenvalue weighted by Crippen LogP contribution is -2.42. The van der Waals surface area contributed by atoms with Gasteiger partial charge in [-0.25, -0.2) is 0 Å². The molecular formula is C16H25N3O2. The molecule has 1 unspecified atom stereocenters. The minimum atomic E-state index is -0.284. The fourth-order valence-electron chi connectivity index (χ4n) is 2.92. The van der Waals surface area contributed by atoms with Gasteiger partial charge in [-0.1, -0.05) is 18.2 Å². The highest BCUT2D eigenvalue weighted by Crippen LogP contribution is 2.19. The van der Waals surface area contributed by atoms with Crippen molar-refractivity contribution < 1.29 is 4.92 Å². The molecule has 21 heavy (non-hydrogen) atoms. The van der Waals surface area contributed by atoms with E-state index in [0.29, 0.717) is 12.1 Å². The topological polar surface area (TPSA) is 58.4 Å². The second-order valence-corrected chi connectivity index (χ2v) is 6.02. The van der Waals surface area contributed by atoms with Crippen LogP contribution in [-0.2, 0) is 6.42 Å². The van der Waals surface area contributed by atoms with Crippen molar-refractivity contribution in [2.45, 2.75) is 45.2 Å². The number of rotatable bonds is 7. The van der Waals surface area contributed by atoms with Gasteiger partial charge in [-0.15, -0.1) is 0 Å². The van der Waals surface area contributed by atoms with Crippen molar-refractivity contribution in [2.24, 2.45) is 0 Å². The molecule has 0 bridgehead atoms. The standard InChI is InChI=1S/C16H25N3O2/c1-13(2)18(12-15-7-5-10-17-15)11-9-14-6-3-4-8-16(14)19(20)21/h3-4,6,8,13,15,17H,5,7,9-12H2,1-2H3. The second kappa shape index (κ2) is 7.52. The fraction of sp³-hybridized carbons (Fsp3) is 0.625. The molecule has 0 aromatic heterocycles. The summed E-state index contributed by atoms with van der Waals surface area (Å²) >= 11 is 0. The van der Waals surface area contributed by atoms with Crippen LogP contribution in [0.25, 0.3) is 0 Å². The maximum Gasteiger partial charge on any atom is 0.272 e. The molecule has 1 fully saturated rings. The van der Waals surface area contributed by atoms with Gasteiger partial charge in [0.1, 0.15) is 0 Å². The third-order valence-corrected chi connectivity index (χ3v) is 4.20. The number of hydrogen-bond acceptors (Lipinski definition) is 4. The van der Waals surface area contributed by atoms with E-state index in [0.717, 1.165) is 31.6 Å². The fourth-order valence-corrected chi connectivity index (χ4v) is 2.92. The molecule has 1 heterocycles. The van der Waals surface area contributed by atoms with Gasteiger partial charge in [0.05, 0.1) is 4.92 Å². The van der Waals surface area contributed by atoms with Crippen LogP contribution in [0.15, 0.2) is 24.3 Å². The maximum absolute atomic E-state index is 11.1. The predicted molar refractivity (Wildman–Crippen MR) is 84.5 cm³/mol. The molecule has 0 saturated carbocycles. The van der Waals surface area contributed by atoms with E-state index in [4.69, 9.17) is 0 Å². The van der Waals surface area contributed by atoms with Gasteiger partial charge in [-0.2, -0.15) is 0 Å². The van der Waals surface area contributed by atoms with E-state index in [1.165, 1.54) is 12.8 Å². The summed E-state index contributed by atoms with van der Waals surface area (Å²) in [4.78, 5) is 13.2. The van der Waals surface area contributed by atoms with Gasteiger partial charge in [-0.3, -0.25) is 15.0 Å². The van der Waals surface area contributed by atoms with Gasteiger partial charge in [0.25, 0.3) is 5.69 Å². The summed E-state index contributed by atoms with van der Waals surface area (Å²) in [6.45, 7) is 7.38. The summed E-state index contributed by atoms with van der Waals surface area (Å²) in [5.41, 5.74) is 1.06. The van der Waals surface area contributed by atoms with Crippen molar-refractivity contribution in [3.63, 3.8) is 0 Å². The highest BCUT2D eigenvalue weighted by molar-refractivity contribution is 5.39. The summed E-state index contributed by atoms with van der Waals surface area (Å²) in [5, 5.41) is 14.6. The zero-order valence-corrected chi connectivity index (χ0v) is 12.9. The molecule has 1 N–H and O–H groups in total. The van der Waals surface area contributed by atoms with Crippen molar-refractivity contribution >= 4 is 5.69 Å². The van der Waals surface area contributed by atoms with E-state index in [1.54, 1.807) is 12.1 Å². The number of nitrogens with one attached hydrogen (secondary N) is 1. The molecule has 0 radical (unpaired) electrons. The molecule has 2 rings (SSSR count). The maximum atomic E-state index is 11.1. The number of benzene rings is 1. The number of hydrogen-bond donors (Lipinski definition) is 1. The SMILES string of the molecule is CC(C)N(CCc1ccccc1[N+](=O)[O-])CC1CCCN1. The highest BCUT2D eigenvalue weighted by Gasteiger charge is 2.20. The van der Waals surface area contributed by atoms with Crippen molar-refractivity contribution in [3.05, 3.63) is 39.9 Å². The molecule has 5 nitrogen and oxygen atoms in total. The van der Waals surface area contributed by atoms with Gasteiger partial charge < -0.3 is 5.32 Å². The molecule has 116 valence electrons. The first-order valence-corrected chi connectivity index (χ1v) is 7.77. The lowest BCUT2D eigenvalue weighted by molar-refractivity contribution is -0.385. The van der Waals surface area contributed by atoms with Gasteiger partial charge >= 0.3 is 0 Å². The van der Waals surface area contributed by atoms with E-state index >= 15 is 0 Å². The molecule has 1 aromatic carbocycles. The first-order valence-electron chi connectivity index (χ1n) is 7.77. The van der Waals surface area contributed by atoms with Crippen LogP contribution < -0.4 is 5.32 Å². The normalized spacial score (nSPS) is 18.6. The molecule has 5 heteroatoms. The van der Waals surface area contributed by atoms with Crippen molar-refractivity contribution in [2.75, 3.05) is 19.6 Å². The number of para-hydroxylation sites is 1. The molecule has 1 saturated heterocycles. The van der Waals surface area contributed by atoms with Crippen LogP contribution in [0.1, 0.15) is 32.3 Å². The average molecular weight is 291 g/mol.